The minimum absolute atomic E-state index is 0.202. The zero-order chi connectivity index (χ0) is 22.1. The second-order valence-corrected chi connectivity index (χ2v) is 8.63. The molecule has 31 heavy (non-hydrogen) atoms. The standard InChI is InChI=1S/C24H23Br2N3O2/c1-2-22(28-21-8-5-7-20(26)14-21)24(30)29-27-15-18-6-3-4-9-23(18)31-16-17-10-12-19(25)13-11-17/h3-15,22,28H,2,16H2,1H3,(H,29,30)/b27-15+/t22-/m0/s1. The normalized spacial score (nSPS) is 11.8. The fourth-order valence-electron chi connectivity index (χ4n) is 2.84. The summed E-state index contributed by atoms with van der Waals surface area (Å²) in [7, 11) is 0. The summed E-state index contributed by atoms with van der Waals surface area (Å²) in [6.07, 6.45) is 2.22. The van der Waals surface area contributed by atoms with Crippen molar-refractivity contribution in [1.29, 1.82) is 0 Å². The van der Waals surface area contributed by atoms with Gasteiger partial charge in [-0.25, -0.2) is 5.43 Å². The number of ether oxygens (including phenoxy) is 1. The lowest BCUT2D eigenvalue weighted by Crippen LogP contribution is -2.36. The third-order valence-corrected chi connectivity index (χ3v) is 5.52. The Morgan fingerprint density at radius 2 is 1.81 bits per heavy atom. The summed E-state index contributed by atoms with van der Waals surface area (Å²) in [5.74, 6) is 0.495. The molecule has 0 aliphatic carbocycles. The molecule has 160 valence electrons. The van der Waals surface area contributed by atoms with E-state index in [-0.39, 0.29) is 5.91 Å². The smallest absolute Gasteiger partial charge is 0.262 e. The van der Waals surface area contributed by atoms with Crippen LogP contribution in [-0.4, -0.2) is 18.2 Å². The number of anilines is 1. The van der Waals surface area contributed by atoms with E-state index in [0.29, 0.717) is 18.8 Å². The lowest BCUT2D eigenvalue weighted by atomic mass is 10.2. The van der Waals surface area contributed by atoms with Gasteiger partial charge in [0.1, 0.15) is 18.4 Å². The molecule has 1 atom stereocenters. The molecule has 0 aromatic heterocycles. The van der Waals surface area contributed by atoms with E-state index >= 15 is 0 Å². The van der Waals surface area contributed by atoms with Crippen LogP contribution in [0.1, 0.15) is 24.5 Å². The van der Waals surface area contributed by atoms with Crippen LogP contribution >= 0.6 is 31.9 Å². The van der Waals surface area contributed by atoms with Gasteiger partial charge in [0, 0.05) is 20.2 Å². The van der Waals surface area contributed by atoms with Crippen LogP contribution in [0.5, 0.6) is 5.75 Å². The van der Waals surface area contributed by atoms with Gasteiger partial charge in [-0.05, 0) is 54.4 Å². The Bertz CT molecular complexity index is 1040. The molecule has 3 aromatic carbocycles. The van der Waals surface area contributed by atoms with Crippen molar-refractivity contribution in [2.24, 2.45) is 5.10 Å². The molecule has 1 amide bonds. The Morgan fingerprint density at radius 3 is 2.55 bits per heavy atom. The predicted octanol–water partition coefficient (Wildman–Crippen LogP) is 6.13. The predicted molar refractivity (Wildman–Crippen MR) is 132 cm³/mol. The number of nitrogens with one attached hydrogen (secondary N) is 2. The zero-order valence-electron chi connectivity index (χ0n) is 17.0. The number of carbonyl (C=O) groups excluding carboxylic acids is 1. The van der Waals surface area contributed by atoms with Crippen molar-refractivity contribution in [2.45, 2.75) is 26.0 Å². The molecule has 3 rings (SSSR count). The number of rotatable bonds is 9. The molecule has 0 aliphatic heterocycles. The average molecular weight is 545 g/mol. The minimum atomic E-state index is -0.393. The van der Waals surface area contributed by atoms with E-state index in [0.717, 1.165) is 25.8 Å². The molecule has 0 saturated heterocycles. The van der Waals surface area contributed by atoms with Crippen LogP contribution < -0.4 is 15.5 Å². The van der Waals surface area contributed by atoms with Gasteiger partial charge in [-0.3, -0.25) is 4.79 Å². The highest BCUT2D eigenvalue weighted by atomic mass is 79.9. The first-order chi connectivity index (χ1) is 15.0. The molecule has 0 fully saturated rings. The molecule has 0 radical (unpaired) electrons. The van der Waals surface area contributed by atoms with E-state index < -0.39 is 6.04 Å². The zero-order valence-corrected chi connectivity index (χ0v) is 20.2. The Morgan fingerprint density at radius 1 is 1.03 bits per heavy atom. The number of hydrogen-bond acceptors (Lipinski definition) is 4. The number of amides is 1. The van der Waals surface area contributed by atoms with Crippen molar-refractivity contribution in [2.75, 3.05) is 5.32 Å². The molecule has 7 heteroatoms. The summed E-state index contributed by atoms with van der Waals surface area (Å²) in [6, 6.07) is 22.9. The van der Waals surface area contributed by atoms with Crippen LogP contribution in [-0.2, 0) is 11.4 Å². The van der Waals surface area contributed by atoms with Crippen LogP contribution in [0.3, 0.4) is 0 Å². The summed E-state index contributed by atoms with van der Waals surface area (Å²) >= 11 is 6.87. The molecule has 0 saturated carbocycles. The molecular formula is C24H23Br2N3O2. The highest BCUT2D eigenvalue weighted by Crippen LogP contribution is 2.19. The number of halogens is 2. The Balaban J connectivity index is 1.59. The summed E-state index contributed by atoms with van der Waals surface area (Å²) in [6.45, 7) is 2.39. The summed E-state index contributed by atoms with van der Waals surface area (Å²) in [5.41, 5.74) is 5.34. The second-order valence-electron chi connectivity index (χ2n) is 6.80. The van der Waals surface area contributed by atoms with Crippen molar-refractivity contribution in [3.63, 3.8) is 0 Å². The van der Waals surface area contributed by atoms with E-state index in [2.05, 4.69) is 47.7 Å². The van der Waals surface area contributed by atoms with Crippen molar-refractivity contribution in [3.8, 4) is 5.75 Å². The molecule has 0 heterocycles. The summed E-state index contributed by atoms with van der Waals surface area (Å²) in [5, 5.41) is 7.36. The molecule has 0 unspecified atom stereocenters. The first-order valence-electron chi connectivity index (χ1n) is 9.86. The number of hydrazone groups is 1. The first kappa shape index (κ1) is 23.0. The van der Waals surface area contributed by atoms with Crippen LogP contribution in [0.4, 0.5) is 5.69 Å². The van der Waals surface area contributed by atoms with E-state index in [9.17, 15) is 4.79 Å². The van der Waals surface area contributed by atoms with Crippen molar-refractivity contribution < 1.29 is 9.53 Å². The second kappa shape index (κ2) is 11.7. The SMILES string of the molecule is CC[C@H](Nc1cccc(Br)c1)C(=O)N/N=C/c1ccccc1OCc1ccc(Br)cc1. The van der Waals surface area contributed by atoms with Gasteiger partial charge in [0.15, 0.2) is 0 Å². The maximum Gasteiger partial charge on any atom is 0.262 e. The largest absolute Gasteiger partial charge is 0.488 e. The third-order valence-electron chi connectivity index (χ3n) is 4.50. The van der Waals surface area contributed by atoms with Gasteiger partial charge >= 0.3 is 0 Å². The van der Waals surface area contributed by atoms with Crippen LogP contribution in [0.2, 0.25) is 0 Å². The number of para-hydroxylation sites is 1. The van der Waals surface area contributed by atoms with E-state index in [1.165, 1.54) is 0 Å². The summed E-state index contributed by atoms with van der Waals surface area (Å²) < 4.78 is 7.92. The van der Waals surface area contributed by atoms with Gasteiger partial charge in [0.2, 0.25) is 0 Å². The summed E-state index contributed by atoms with van der Waals surface area (Å²) in [4.78, 5) is 12.5. The number of nitrogens with zero attached hydrogens (tertiary/aromatic N) is 1. The molecule has 3 aromatic rings. The average Bonchev–Trinajstić information content (AvgIpc) is 2.78. The lowest BCUT2D eigenvalue weighted by molar-refractivity contribution is -0.121. The van der Waals surface area contributed by atoms with Gasteiger partial charge in [-0.2, -0.15) is 5.10 Å². The number of carbonyl (C=O) groups is 1. The van der Waals surface area contributed by atoms with Crippen LogP contribution in [0, 0.1) is 0 Å². The van der Waals surface area contributed by atoms with Crippen molar-refractivity contribution >= 4 is 49.7 Å². The van der Waals surface area contributed by atoms with Gasteiger partial charge in [0.25, 0.3) is 5.91 Å². The van der Waals surface area contributed by atoms with Gasteiger partial charge < -0.3 is 10.1 Å². The minimum Gasteiger partial charge on any atom is -0.488 e. The Labute approximate surface area is 199 Å². The molecule has 5 nitrogen and oxygen atoms in total. The topological polar surface area (TPSA) is 62.7 Å². The first-order valence-corrected chi connectivity index (χ1v) is 11.4. The fraction of sp³-hybridized carbons (Fsp3) is 0.167. The van der Waals surface area contributed by atoms with Crippen molar-refractivity contribution in [3.05, 3.63) is 92.9 Å². The van der Waals surface area contributed by atoms with Gasteiger partial charge in [-0.1, -0.05) is 69.1 Å². The monoisotopic (exact) mass is 543 g/mol. The molecule has 0 spiro atoms. The number of benzene rings is 3. The van der Waals surface area contributed by atoms with E-state index in [4.69, 9.17) is 4.74 Å². The van der Waals surface area contributed by atoms with Crippen LogP contribution in [0.25, 0.3) is 0 Å². The quantitative estimate of drug-likeness (QED) is 0.251. The molecular weight excluding hydrogens is 522 g/mol. The van der Waals surface area contributed by atoms with E-state index in [1.807, 2.05) is 79.7 Å². The third kappa shape index (κ3) is 7.22. The highest BCUT2D eigenvalue weighted by Gasteiger charge is 2.15. The molecule has 0 aliphatic rings. The lowest BCUT2D eigenvalue weighted by Gasteiger charge is -2.16. The van der Waals surface area contributed by atoms with Crippen LogP contribution in [0.15, 0.2) is 86.8 Å². The maximum atomic E-state index is 12.5. The molecule has 2 N–H and O–H groups in total. The number of hydrogen-bond donors (Lipinski definition) is 2. The fourth-order valence-corrected chi connectivity index (χ4v) is 3.50. The Kier molecular flexibility index (Phi) is 8.67. The van der Waals surface area contributed by atoms with Gasteiger partial charge in [-0.15, -0.1) is 0 Å². The highest BCUT2D eigenvalue weighted by molar-refractivity contribution is 9.10. The Hall–Kier alpha value is -2.64. The van der Waals surface area contributed by atoms with Crippen molar-refractivity contribution in [1.82, 2.24) is 5.43 Å². The van der Waals surface area contributed by atoms with E-state index in [1.54, 1.807) is 6.21 Å². The molecule has 0 bridgehead atoms. The van der Waals surface area contributed by atoms with Gasteiger partial charge in [0.05, 0.1) is 6.21 Å². The maximum absolute atomic E-state index is 12.5.